The second kappa shape index (κ2) is 10.2. The van der Waals surface area contributed by atoms with Crippen molar-refractivity contribution >= 4 is 34.5 Å². The maximum atomic E-state index is 12.9. The number of nitrogens with one attached hydrogen (secondary N) is 1. The standard InChI is InChI=1S/C26H23N5O2/c27-18-9-19-30(20-10-3-1-4-11-20)25(33)17-16-24(32)29-26-28-22-14-7-8-15-23(22)31(26)21-12-5-2-6-13-21/h1-8,10-15H,9,16-17,19H2,(H,28,29,32). The summed E-state index contributed by atoms with van der Waals surface area (Å²) in [4.78, 5) is 31.7. The molecule has 4 rings (SSSR count). The summed E-state index contributed by atoms with van der Waals surface area (Å²) in [6.45, 7) is 0.283. The van der Waals surface area contributed by atoms with Crippen LogP contribution in [-0.4, -0.2) is 27.9 Å². The van der Waals surface area contributed by atoms with Crippen LogP contribution >= 0.6 is 0 Å². The number of nitrogens with zero attached hydrogens (tertiary/aromatic N) is 4. The van der Waals surface area contributed by atoms with E-state index < -0.39 is 0 Å². The average Bonchev–Trinajstić information content (AvgIpc) is 3.22. The third kappa shape index (κ3) is 5.08. The molecule has 0 aliphatic rings. The van der Waals surface area contributed by atoms with Gasteiger partial charge in [-0.05, 0) is 36.4 Å². The molecule has 164 valence electrons. The second-order valence-corrected chi connectivity index (χ2v) is 7.43. The van der Waals surface area contributed by atoms with Gasteiger partial charge in [-0.2, -0.15) is 5.26 Å². The predicted octanol–water partition coefficient (Wildman–Crippen LogP) is 4.69. The van der Waals surface area contributed by atoms with Crippen molar-refractivity contribution in [2.24, 2.45) is 0 Å². The predicted molar refractivity (Wildman–Crippen MR) is 128 cm³/mol. The van der Waals surface area contributed by atoms with Gasteiger partial charge in [-0.25, -0.2) is 4.98 Å². The van der Waals surface area contributed by atoms with E-state index in [9.17, 15) is 9.59 Å². The number of para-hydroxylation sites is 4. The number of anilines is 2. The number of hydrogen-bond donors (Lipinski definition) is 1. The summed E-state index contributed by atoms with van der Waals surface area (Å²) in [7, 11) is 0. The molecule has 1 aromatic heterocycles. The van der Waals surface area contributed by atoms with Crippen molar-refractivity contribution in [1.29, 1.82) is 5.26 Å². The van der Waals surface area contributed by atoms with Crippen molar-refractivity contribution in [3.63, 3.8) is 0 Å². The molecule has 0 aliphatic carbocycles. The topological polar surface area (TPSA) is 91.0 Å². The Labute approximate surface area is 191 Å². The number of hydrogen-bond acceptors (Lipinski definition) is 4. The van der Waals surface area contributed by atoms with Crippen molar-refractivity contribution in [2.75, 3.05) is 16.8 Å². The summed E-state index contributed by atoms with van der Waals surface area (Å²) in [6.07, 6.45) is 0.248. The first kappa shape index (κ1) is 21.8. The zero-order chi connectivity index (χ0) is 23.0. The Balaban J connectivity index is 1.49. The van der Waals surface area contributed by atoms with Crippen LogP contribution in [0.2, 0.25) is 0 Å². The van der Waals surface area contributed by atoms with E-state index in [-0.39, 0.29) is 37.6 Å². The quantitative estimate of drug-likeness (QED) is 0.433. The lowest BCUT2D eigenvalue weighted by molar-refractivity contribution is -0.122. The molecule has 0 radical (unpaired) electrons. The number of aromatic nitrogens is 2. The van der Waals surface area contributed by atoms with Crippen LogP contribution < -0.4 is 10.2 Å². The molecule has 0 fully saturated rings. The Morgan fingerprint density at radius 3 is 2.30 bits per heavy atom. The van der Waals surface area contributed by atoms with Gasteiger partial charge in [-0.3, -0.25) is 19.5 Å². The molecule has 0 saturated heterocycles. The first-order chi connectivity index (χ1) is 16.2. The van der Waals surface area contributed by atoms with Gasteiger partial charge < -0.3 is 4.90 Å². The summed E-state index contributed by atoms with van der Waals surface area (Å²) in [5.74, 6) is -0.100. The molecule has 2 amide bonds. The molecular weight excluding hydrogens is 414 g/mol. The fourth-order valence-electron chi connectivity index (χ4n) is 3.66. The van der Waals surface area contributed by atoms with Crippen LogP contribution in [0.15, 0.2) is 84.9 Å². The minimum Gasteiger partial charge on any atom is -0.311 e. The summed E-state index contributed by atoms with van der Waals surface area (Å²) in [5, 5.41) is 11.8. The highest BCUT2D eigenvalue weighted by atomic mass is 16.2. The maximum Gasteiger partial charge on any atom is 0.227 e. The third-order valence-corrected chi connectivity index (χ3v) is 5.21. The lowest BCUT2D eigenvalue weighted by atomic mass is 10.2. The summed E-state index contributed by atoms with van der Waals surface area (Å²) in [6, 6.07) is 28.6. The van der Waals surface area contributed by atoms with E-state index in [1.165, 1.54) is 0 Å². The van der Waals surface area contributed by atoms with Crippen LogP contribution in [0.4, 0.5) is 11.6 Å². The number of carbonyl (C=O) groups excluding carboxylic acids is 2. The number of fused-ring (bicyclic) bond motifs is 1. The molecule has 7 heteroatoms. The summed E-state index contributed by atoms with van der Waals surface area (Å²) >= 11 is 0. The van der Waals surface area contributed by atoms with E-state index in [0.717, 1.165) is 16.7 Å². The van der Waals surface area contributed by atoms with E-state index in [1.54, 1.807) is 4.90 Å². The highest BCUT2D eigenvalue weighted by Gasteiger charge is 2.19. The summed E-state index contributed by atoms with van der Waals surface area (Å²) < 4.78 is 1.89. The SMILES string of the molecule is N#CCCN(C(=O)CCC(=O)Nc1nc2ccccc2n1-c1ccccc1)c1ccccc1. The molecule has 0 unspecified atom stereocenters. The Hall–Kier alpha value is -4.44. The molecule has 1 N–H and O–H groups in total. The molecule has 0 atom stereocenters. The minimum atomic E-state index is -0.302. The van der Waals surface area contributed by atoms with Gasteiger partial charge in [0.15, 0.2) is 0 Å². The fourth-order valence-corrected chi connectivity index (χ4v) is 3.66. The average molecular weight is 438 g/mol. The largest absolute Gasteiger partial charge is 0.311 e. The van der Waals surface area contributed by atoms with Crippen LogP contribution in [0.5, 0.6) is 0 Å². The number of nitriles is 1. The van der Waals surface area contributed by atoms with E-state index in [0.29, 0.717) is 11.6 Å². The number of benzene rings is 3. The van der Waals surface area contributed by atoms with Gasteiger partial charge in [0.1, 0.15) is 0 Å². The van der Waals surface area contributed by atoms with Gasteiger partial charge in [-0.15, -0.1) is 0 Å². The fraction of sp³-hybridized carbons (Fsp3) is 0.154. The monoisotopic (exact) mass is 437 g/mol. The minimum absolute atomic E-state index is 0.00666. The molecule has 3 aromatic carbocycles. The lowest BCUT2D eigenvalue weighted by Crippen LogP contribution is -2.32. The zero-order valence-electron chi connectivity index (χ0n) is 18.0. The number of amides is 2. The highest BCUT2D eigenvalue weighted by molar-refractivity contribution is 5.98. The molecular formula is C26H23N5O2. The molecule has 0 bridgehead atoms. The Morgan fingerprint density at radius 2 is 1.58 bits per heavy atom. The maximum absolute atomic E-state index is 12.9. The molecule has 0 spiro atoms. The Morgan fingerprint density at radius 1 is 0.909 bits per heavy atom. The van der Waals surface area contributed by atoms with Crippen molar-refractivity contribution < 1.29 is 9.59 Å². The highest BCUT2D eigenvalue weighted by Crippen LogP contribution is 2.25. The van der Waals surface area contributed by atoms with Crippen molar-refractivity contribution in [3.8, 4) is 11.8 Å². The van der Waals surface area contributed by atoms with Crippen molar-refractivity contribution in [1.82, 2.24) is 9.55 Å². The van der Waals surface area contributed by atoms with Crippen LogP contribution in [0.25, 0.3) is 16.7 Å². The van der Waals surface area contributed by atoms with Gasteiger partial charge in [0.2, 0.25) is 17.8 Å². The van der Waals surface area contributed by atoms with Crippen molar-refractivity contribution in [2.45, 2.75) is 19.3 Å². The van der Waals surface area contributed by atoms with Crippen LogP contribution in [0.3, 0.4) is 0 Å². The third-order valence-electron chi connectivity index (χ3n) is 5.21. The van der Waals surface area contributed by atoms with Gasteiger partial charge >= 0.3 is 0 Å². The Bertz CT molecular complexity index is 1290. The van der Waals surface area contributed by atoms with Crippen LogP contribution in [0, 0.1) is 11.3 Å². The number of imidazole rings is 1. The number of carbonyl (C=O) groups is 2. The molecule has 33 heavy (non-hydrogen) atoms. The van der Waals surface area contributed by atoms with Crippen LogP contribution in [-0.2, 0) is 9.59 Å². The van der Waals surface area contributed by atoms with Gasteiger partial charge in [0.25, 0.3) is 0 Å². The molecule has 7 nitrogen and oxygen atoms in total. The Kier molecular flexibility index (Phi) is 6.76. The van der Waals surface area contributed by atoms with E-state index in [4.69, 9.17) is 5.26 Å². The van der Waals surface area contributed by atoms with Crippen LogP contribution in [0.1, 0.15) is 19.3 Å². The van der Waals surface area contributed by atoms with Gasteiger partial charge in [0, 0.05) is 30.8 Å². The van der Waals surface area contributed by atoms with Gasteiger partial charge in [-0.1, -0.05) is 48.5 Å². The van der Waals surface area contributed by atoms with E-state index >= 15 is 0 Å². The smallest absolute Gasteiger partial charge is 0.227 e. The van der Waals surface area contributed by atoms with Crippen molar-refractivity contribution in [3.05, 3.63) is 84.9 Å². The molecule has 4 aromatic rings. The summed E-state index contributed by atoms with van der Waals surface area (Å²) in [5.41, 5.74) is 3.23. The molecule has 1 heterocycles. The van der Waals surface area contributed by atoms with Gasteiger partial charge in [0.05, 0.1) is 23.5 Å². The molecule has 0 aliphatic heterocycles. The lowest BCUT2D eigenvalue weighted by Gasteiger charge is -2.21. The van der Waals surface area contributed by atoms with E-state index in [2.05, 4.69) is 16.4 Å². The normalized spacial score (nSPS) is 10.5. The second-order valence-electron chi connectivity index (χ2n) is 7.43. The first-order valence-corrected chi connectivity index (χ1v) is 10.7. The zero-order valence-corrected chi connectivity index (χ0v) is 18.0. The molecule has 0 saturated carbocycles. The number of rotatable bonds is 8. The first-order valence-electron chi connectivity index (χ1n) is 10.7. The van der Waals surface area contributed by atoms with E-state index in [1.807, 2.05) is 89.5 Å².